The molecule has 0 saturated carbocycles. The highest BCUT2D eigenvalue weighted by Crippen LogP contribution is 2.34. The molecule has 2 fully saturated rings. The third kappa shape index (κ3) is 5.34. The third-order valence-corrected chi connectivity index (χ3v) is 7.23. The number of benzene rings is 2. The summed E-state index contributed by atoms with van der Waals surface area (Å²) in [5, 5.41) is 0.629. The second kappa shape index (κ2) is 10.8. The molecule has 172 valence electrons. The minimum absolute atomic E-state index is 0.0823. The second-order valence-electron chi connectivity index (χ2n) is 8.87. The first-order chi connectivity index (χ1) is 15.6. The van der Waals surface area contributed by atoms with Gasteiger partial charge >= 0.3 is 0 Å². The fourth-order valence-corrected chi connectivity index (χ4v) is 5.25. The van der Waals surface area contributed by atoms with Crippen LogP contribution in [0.3, 0.4) is 0 Å². The Balaban J connectivity index is 1.51. The van der Waals surface area contributed by atoms with Crippen LogP contribution in [0.5, 0.6) is 0 Å². The fraction of sp³-hybridized carbons (Fsp3) is 0.500. The Bertz CT molecular complexity index is 878. The predicted octanol–water partition coefficient (Wildman–Crippen LogP) is 4.45. The number of amides is 1. The standard InChI is InChI=1S/C26H34ClN3O2/c1-2-25(31)30(24-11-7-6-10-23(24)27)21-26(12-18-32-19-13-26)29-16-14-28(15-17-29)20-22-8-4-3-5-9-22/h3-11H,2,12-21H2,1H3. The lowest BCUT2D eigenvalue weighted by Crippen LogP contribution is -2.63. The lowest BCUT2D eigenvalue weighted by molar-refractivity contribution is -0.119. The molecular weight excluding hydrogens is 422 g/mol. The summed E-state index contributed by atoms with van der Waals surface area (Å²) < 4.78 is 5.75. The van der Waals surface area contributed by atoms with E-state index in [4.69, 9.17) is 16.3 Å². The summed E-state index contributed by atoms with van der Waals surface area (Å²) in [5.74, 6) is 0.117. The molecule has 0 atom stereocenters. The van der Waals surface area contributed by atoms with Gasteiger partial charge in [0.2, 0.25) is 5.91 Å². The SMILES string of the molecule is CCC(=O)N(CC1(N2CCN(Cc3ccccc3)CC2)CCOCC1)c1ccccc1Cl. The molecule has 32 heavy (non-hydrogen) atoms. The molecule has 0 spiro atoms. The topological polar surface area (TPSA) is 36.0 Å². The van der Waals surface area contributed by atoms with E-state index in [1.165, 1.54) is 5.56 Å². The number of carbonyl (C=O) groups is 1. The Morgan fingerprint density at radius 3 is 2.31 bits per heavy atom. The molecule has 5 nitrogen and oxygen atoms in total. The molecule has 2 aliphatic rings. The number of piperazine rings is 1. The zero-order valence-electron chi connectivity index (χ0n) is 19.0. The van der Waals surface area contributed by atoms with Crippen molar-refractivity contribution < 1.29 is 9.53 Å². The van der Waals surface area contributed by atoms with Crippen molar-refractivity contribution in [2.75, 3.05) is 50.8 Å². The Labute approximate surface area is 196 Å². The van der Waals surface area contributed by atoms with E-state index >= 15 is 0 Å². The lowest BCUT2D eigenvalue weighted by atomic mass is 9.86. The van der Waals surface area contributed by atoms with Gasteiger partial charge in [-0.25, -0.2) is 0 Å². The van der Waals surface area contributed by atoms with E-state index in [1.54, 1.807) is 0 Å². The molecule has 6 heteroatoms. The van der Waals surface area contributed by atoms with E-state index in [1.807, 2.05) is 36.1 Å². The lowest BCUT2D eigenvalue weighted by Gasteiger charge is -2.51. The maximum atomic E-state index is 13.0. The molecule has 2 heterocycles. The van der Waals surface area contributed by atoms with Gasteiger partial charge in [-0.1, -0.05) is 61.0 Å². The van der Waals surface area contributed by atoms with E-state index in [-0.39, 0.29) is 11.4 Å². The highest BCUT2D eigenvalue weighted by molar-refractivity contribution is 6.33. The van der Waals surface area contributed by atoms with Crippen molar-refractivity contribution >= 4 is 23.2 Å². The number of anilines is 1. The molecule has 2 aliphatic heterocycles. The van der Waals surface area contributed by atoms with Crippen LogP contribution in [-0.2, 0) is 16.1 Å². The van der Waals surface area contributed by atoms with Crippen LogP contribution in [0.2, 0.25) is 5.02 Å². The third-order valence-electron chi connectivity index (χ3n) is 6.91. The minimum Gasteiger partial charge on any atom is -0.381 e. The molecule has 2 aromatic rings. The Kier molecular flexibility index (Phi) is 7.84. The van der Waals surface area contributed by atoms with Gasteiger partial charge in [0.1, 0.15) is 0 Å². The summed E-state index contributed by atoms with van der Waals surface area (Å²) in [6, 6.07) is 18.4. The summed E-state index contributed by atoms with van der Waals surface area (Å²) in [6.45, 7) is 9.12. The summed E-state index contributed by atoms with van der Waals surface area (Å²) in [6.07, 6.45) is 2.33. The van der Waals surface area contributed by atoms with Crippen LogP contribution in [0, 0.1) is 0 Å². The summed E-state index contributed by atoms with van der Waals surface area (Å²) in [4.78, 5) is 20.1. The van der Waals surface area contributed by atoms with Crippen molar-refractivity contribution in [3.8, 4) is 0 Å². The van der Waals surface area contributed by atoms with E-state index in [9.17, 15) is 4.79 Å². The number of nitrogens with zero attached hydrogens (tertiary/aromatic N) is 3. The van der Waals surface area contributed by atoms with Gasteiger partial charge in [-0.2, -0.15) is 0 Å². The minimum atomic E-state index is -0.0823. The van der Waals surface area contributed by atoms with E-state index in [2.05, 4.69) is 40.1 Å². The molecule has 0 N–H and O–H groups in total. The largest absolute Gasteiger partial charge is 0.381 e. The van der Waals surface area contributed by atoms with Gasteiger partial charge in [0, 0.05) is 64.4 Å². The average molecular weight is 456 g/mol. The molecule has 2 aromatic carbocycles. The number of ether oxygens (including phenoxy) is 1. The maximum Gasteiger partial charge on any atom is 0.226 e. The van der Waals surface area contributed by atoms with Crippen LogP contribution >= 0.6 is 11.6 Å². The highest BCUT2D eigenvalue weighted by Gasteiger charge is 2.42. The highest BCUT2D eigenvalue weighted by atomic mass is 35.5. The first-order valence-electron chi connectivity index (χ1n) is 11.8. The van der Waals surface area contributed by atoms with Crippen molar-refractivity contribution in [1.29, 1.82) is 0 Å². The number of hydrogen-bond donors (Lipinski definition) is 0. The van der Waals surface area contributed by atoms with Gasteiger partial charge in [-0.15, -0.1) is 0 Å². The van der Waals surface area contributed by atoms with Crippen LogP contribution in [0.4, 0.5) is 5.69 Å². The van der Waals surface area contributed by atoms with Gasteiger partial charge in [0.05, 0.1) is 10.7 Å². The number of para-hydroxylation sites is 1. The quantitative estimate of drug-likeness (QED) is 0.618. The monoisotopic (exact) mass is 455 g/mol. The molecule has 2 saturated heterocycles. The van der Waals surface area contributed by atoms with Crippen LogP contribution in [0.25, 0.3) is 0 Å². The van der Waals surface area contributed by atoms with E-state index in [0.29, 0.717) is 18.0 Å². The van der Waals surface area contributed by atoms with Crippen molar-refractivity contribution in [1.82, 2.24) is 9.80 Å². The fourth-order valence-electron chi connectivity index (χ4n) is 5.01. The normalized spacial score (nSPS) is 19.6. The average Bonchev–Trinajstić information content (AvgIpc) is 2.84. The molecular formula is C26H34ClN3O2. The van der Waals surface area contributed by atoms with Crippen molar-refractivity contribution in [2.24, 2.45) is 0 Å². The molecule has 0 aromatic heterocycles. The van der Waals surface area contributed by atoms with Crippen LogP contribution in [0.1, 0.15) is 31.7 Å². The number of carbonyl (C=O) groups excluding carboxylic acids is 1. The van der Waals surface area contributed by atoms with Gasteiger partial charge < -0.3 is 9.64 Å². The zero-order chi connectivity index (χ0) is 22.4. The van der Waals surface area contributed by atoms with Gasteiger partial charge in [-0.05, 0) is 30.5 Å². The summed E-state index contributed by atoms with van der Waals surface area (Å²) >= 11 is 6.53. The Morgan fingerprint density at radius 1 is 1.00 bits per heavy atom. The van der Waals surface area contributed by atoms with E-state index in [0.717, 1.165) is 64.5 Å². The first-order valence-corrected chi connectivity index (χ1v) is 12.1. The van der Waals surface area contributed by atoms with Gasteiger partial charge in [0.25, 0.3) is 0 Å². The maximum absolute atomic E-state index is 13.0. The molecule has 1 amide bonds. The van der Waals surface area contributed by atoms with Gasteiger partial charge in [-0.3, -0.25) is 14.6 Å². The molecule has 0 unspecified atom stereocenters. The Morgan fingerprint density at radius 2 is 1.66 bits per heavy atom. The van der Waals surface area contributed by atoms with Crippen molar-refractivity contribution in [3.63, 3.8) is 0 Å². The first kappa shape index (κ1) is 23.2. The van der Waals surface area contributed by atoms with Gasteiger partial charge in [0.15, 0.2) is 0 Å². The summed E-state index contributed by atoms with van der Waals surface area (Å²) in [7, 11) is 0. The predicted molar refractivity (Wildman–Crippen MR) is 130 cm³/mol. The number of hydrogen-bond acceptors (Lipinski definition) is 4. The van der Waals surface area contributed by atoms with E-state index < -0.39 is 0 Å². The number of rotatable bonds is 7. The van der Waals surface area contributed by atoms with Crippen LogP contribution in [0.15, 0.2) is 54.6 Å². The smallest absolute Gasteiger partial charge is 0.226 e. The zero-order valence-corrected chi connectivity index (χ0v) is 19.8. The molecule has 0 aliphatic carbocycles. The summed E-state index contributed by atoms with van der Waals surface area (Å²) in [5.41, 5.74) is 2.09. The molecule has 0 bridgehead atoms. The van der Waals surface area contributed by atoms with Crippen LogP contribution < -0.4 is 4.90 Å². The second-order valence-corrected chi connectivity index (χ2v) is 9.28. The molecule has 0 radical (unpaired) electrons. The van der Waals surface area contributed by atoms with Crippen LogP contribution in [-0.4, -0.2) is 67.2 Å². The van der Waals surface area contributed by atoms with Crippen molar-refractivity contribution in [2.45, 2.75) is 38.3 Å². The van der Waals surface area contributed by atoms with Crippen molar-refractivity contribution in [3.05, 3.63) is 65.2 Å². The Hall–Kier alpha value is -1.92. The molecule has 4 rings (SSSR count). The number of halogens is 1.